The molecule has 2 N–H and O–H groups in total. The van der Waals surface area contributed by atoms with E-state index in [2.05, 4.69) is 15.5 Å². The lowest BCUT2D eigenvalue weighted by Gasteiger charge is -2.11. The summed E-state index contributed by atoms with van der Waals surface area (Å²) >= 11 is 12.1. The van der Waals surface area contributed by atoms with Gasteiger partial charge in [0.15, 0.2) is 0 Å². The topological polar surface area (TPSA) is 61.4 Å². The minimum atomic E-state index is -0.387. The van der Waals surface area contributed by atoms with Gasteiger partial charge in [-0.05, 0) is 57.4 Å². The quantitative estimate of drug-likeness (QED) is 0.700. The zero-order chi connectivity index (χ0) is 19.1. The lowest BCUT2D eigenvalue weighted by molar-refractivity contribution is 0.0952. The predicted octanol–water partition coefficient (Wildman–Crippen LogP) is 3.93. The van der Waals surface area contributed by atoms with Crippen LogP contribution in [-0.2, 0) is 0 Å². The van der Waals surface area contributed by atoms with Crippen LogP contribution in [0, 0.1) is 0 Å². The summed E-state index contributed by atoms with van der Waals surface area (Å²) in [6, 6.07) is 11.5. The van der Waals surface area contributed by atoms with Crippen molar-refractivity contribution in [3.63, 3.8) is 0 Å². The largest absolute Gasteiger partial charge is 0.352 e. The van der Waals surface area contributed by atoms with Gasteiger partial charge in [-0.3, -0.25) is 9.59 Å². The van der Waals surface area contributed by atoms with Crippen molar-refractivity contribution in [2.75, 3.05) is 32.5 Å². The number of hydrogen-bond acceptors (Lipinski definition) is 3. The van der Waals surface area contributed by atoms with Gasteiger partial charge in [0.25, 0.3) is 11.8 Å². The van der Waals surface area contributed by atoms with Crippen LogP contribution in [0.15, 0.2) is 42.5 Å². The van der Waals surface area contributed by atoms with Gasteiger partial charge in [-0.1, -0.05) is 35.3 Å². The van der Waals surface area contributed by atoms with Crippen LogP contribution in [0.3, 0.4) is 0 Å². The fourth-order valence-corrected chi connectivity index (χ4v) is 2.80. The number of carbonyl (C=O) groups is 2. The molecule has 0 fully saturated rings. The molecule has 2 aromatic carbocycles. The molecule has 7 heteroatoms. The Hall–Kier alpha value is -2.08. The van der Waals surface area contributed by atoms with E-state index in [0.29, 0.717) is 33.4 Å². The van der Waals surface area contributed by atoms with Crippen LogP contribution in [0.5, 0.6) is 0 Å². The molecule has 0 aliphatic heterocycles. The number of halogens is 2. The standard InChI is InChI=1S/C19H21Cl2N3O2/c1-24(2)11-5-10-22-18(25)13-6-3-7-14(12-13)19(26)23-17-15(20)8-4-9-16(17)21/h3-4,6-9,12H,5,10-11H2,1-2H3,(H,22,25)(H,23,26). The third-order valence-electron chi connectivity index (χ3n) is 3.66. The molecule has 0 heterocycles. The van der Waals surface area contributed by atoms with Crippen LogP contribution < -0.4 is 10.6 Å². The molecule has 0 saturated carbocycles. The monoisotopic (exact) mass is 393 g/mol. The summed E-state index contributed by atoms with van der Waals surface area (Å²) in [7, 11) is 3.96. The number of anilines is 1. The van der Waals surface area contributed by atoms with Gasteiger partial charge in [0.1, 0.15) is 0 Å². The second kappa shape index (κ2) is 9.57. The summed E-state index contributed by atoms with van der Waals surface area (Å²) in [5.74, 6) is -0.601. The Morgan fingerprint density at radius 3 is 2.15 bits per heavy atom. The van der Waals surface area contributed by atoms with E-state index in [1.807, 2.05) is 14.1 Å². The number of nitrogens with one attached hydrogen (secondary N) is 2. The Kier molecular flexibility index (Phi) is 7.45. The van der Waals surface area contributed by atoms with Gasteiger partial charge in [-0.15, -0.1) is 0 Å². The summed E-state index contributed by atoms with van der Waals surface area (Å²) in [5.41, 5.74) is 1.12. The molecule has 0 atom stereocenters. The fourth-order valence-electron chi connectivity index (χ4n) is 2.30. The molecule has 0 aliphatic carbocycles. The Bertz CT molecular complexity index is 774. The Morgan fingerprint density at radius 2 is 1.54 bits per heavy atom. The molecule has 26 heavy (non-hydrogen) atoms. The van der Waals surface area contributed by atoms with Crippen molar-refractivity contribution in [1.29, 1.82) is 0 Å². The normalized spacial score (nSPS) is 10.7. The molecule has 0 spiro atoms. The summed E-state index contributed by atoms with van der Waals surface area (Å²) in [4.78, 5) is 26.7. The molecular weight excluding hydrogens is 373 g/mol. The van der Waals surface area contributed by atoms with E-state index in [-0.39, 0.29) is 11.8 Å². The highest BCUT2D eigenvalue weighted by atomic mass is 35.5. The van der Waals surface area contributed by atoms with Crippen LogP contribution in [0.1, 0.15) is 27.1 Å². The van der Waals surface area contributed by atoms with E-state index in [1.54, 1.807) is 42.5 Å². The van der Waals surface area contributed by atoms with Crippen molar-refractivity contribution in [1.82, 2.24) is 10.2 Å². The fraction of sp³-hybridized carbons (Fsp3) is 0.263. The zero-order valence-electron chi connectivity index (χ0n) is 14.7. The van der Waals surface area contributed by atoms with Crippen LogP contribution >= 0.6 is 23.2 Å². The third-order valence-corrected chi connectivity index (χ3v) is 4.29. The minimum absolute atomic E-state index is 0.214. The zero-order valence-corrected chi connectivity index (χ0v) is 16.2. The van der Waals surface area contributed by atoms with Crippen LogP contribution in [-0.4, -0.2) is 43.9 Å². The van der Waals surface area contributed by atoms with Gasteiger partial charge in [-0.2, -0.15) is 0 Å². The molecule has 2 rings (SSSR count). The number of amides is 2. The van der Waals surface area contributed by atoms with Crippen LogP contribution in [0.4, 0.5) is 5.69 Å². The molecule has 0 saturated heterocycles. The highest BCUT2D eigenvalue weighted by Crippen LogP contribution is 2.30. The van der Waals surface area contributed by atoms with E-state index in [4.69, 9.17) is 23.2 Å². The molecule has 5 nitrogen and oxygen atoms in total. The third kappa shape index (κ3) is 5.73. The molecule has 0 aromatic heterocycles. The molecule has 0 radical (unpaired) electrons. The smallest absolute Gasteiger partial charge is 0.255 e. The molecule has 0 bridgehead atoms. The number of benzene rings is 2. The van der Waals surface area contributed by atoms with Gasteiger partial charge in [0.2, 0.25) is 0 Å². The number of rotatable bonds is 7. The molecule has 2 aromatic rings. The molecule has 138 valence electrons. The van der Waals surface area contributed by atoms with Crippen molar-refractivity contribution in [3.05, 3.63) is 63.6 Å². The Labute approximate surface area is 163 Å². The highest BCUT2D eigenvalue weighted by Gasteiger charge is 2.13. The van der Waals surface area contributed by atoms with E-state index < -0.39 is 0 Å². The van der Waals surface area contributed by atoms with Gasteiger partial charge < -0.3 is 15.5 Å². The Morgan fingerprint density at radius 1 is 0.962 bits per heavy atom. The van der Waals surface area contributed by atoms with E-state index >= 15 is 0 Å². The lowest BCUT2D eigenvalue weighted by Crippen LogP contribution is -2.27. The summed E-state index contributed by atoms with van der Waals surface area (Å²) < 4.78 is 0. The summed E-state index contributed by atoms with van der Waals surface area (Å²) in [6.45, 7) is 1.46. The van der Waals surface area contributed by atoms with E-state index in [9.17, 15) is 9.59 Å². The SMILES string of the molecule is CN(C)CCCNC(=O)c1cccc(C(=O)Nc2c(Cl)cccc2Cl)c1. The maximum Gasteiger partial charge on any atom is 0.255 e. The van der Waals surface area contributed by atoms with Crippen molar-refractivity contribution in [2.45, 2.75) is 6.42 Å². The van der Waals surface area contributed by atoms with Crippen molar-refractivity contribution < 1.29 is 9.59 Å². The molecule has 0 unspecified atom stereocenters. The Balaban J connectivity index is 2.03. The van der Waals surface area contributed by atoms with Crippen molar-refractivity contribution in [3.8, 4) is 0 Å². The van der Waals surface area contributed by atoms with Crippen molar-refractivity contribution >= 4 is 40.7 Å². The first kappa shape index (κ1) is 20.2. The molecule has 0 aliphatic rings. The first-order valence-corrected chi connectivity index (χ1v) is 8.92. The average molecular weight is 394 g/mol. The number of hydrogen-bond donors (Lipinski definition) is 2. The minimum Gasteiger partial charge on any atom is -0.352 e. The van der Waals surface area contributed by atoms with E-state index in [1.165, 1.54) is 0 Å². The van der Waals surface area contributed by atoms with Crippen molar-refractivity contribution in [2.24, 2.45) is 0 Å². The summed E-state index contributed by atoms with van der Waals surface area (Å²) in [5, 5.41) is 6.23. The second-order valence-electron chi connectivity index (χ2n) is 6.04. The molecular formula is C19H21Cl2N3O2. The first-order chi connectivity index (χ1) is 12.4. The van der Waals surface area contributed by atoms with Gasteiger partial charge in [0.05, 0.1) is 15.7 Å². The van der Waals surface area contributed by atoms with Crippen LogP contribution in [0.25, 0.3) is 0 Å². The number of nitrogens with zero attached hydrogens (tertiary/aromatic N) is 1. The predicted molar refractivity (Wildman–Crippen MR) is 106 cm³/mol. The highest BCUT2D eigenvalue weighted by molar-refractivity contribution is 6.40. The van der Waals surface area contributed by atoms with Gasteiger partial charge in [-0.25, -0.2) is 0 Å². The molecule has 2 amide bonds. The number of carbonyl (C=O) groups excluding carboxylic acids is 2. The number of para-hydroxylation sites is 1. The first-order valence-electron chi connectivity index (χ1n) is 8.17. The average Bonchev–Trinajstić information content (AvgIpc) is 2.61. The van der Waals surface area contributed by atoms with E-state index in [0.717, 1.165) is 13.0 Å². The second-order valence-corrected chi connectivity index (χ2v) is 6.86. The maximum absolute atomic E-state index is 12.5. The van der Waals surface area contributed by atoms with Gasteiger partial charge >= 0.3 is 0 Å². The summed E-state index contributed by atoms with van der Waals surface area (Å²) in [6.07, 6.45) is 0.851. The van der Waals surface area contributed by atoms with Gasteiger partial charge in [0, 0.05) is 17.7 Å². The maximum atomic E-state index is 12.5. The van der Waals surface area contributed by atoms with Crippen LogP contribution in [0.2, 0.25) is 10.0 Å². The lowest BCUT2D eigenvalue weighted by atomic mass is 10.1.